The molecular weight excluding hydrogens is 454 g/mol. The van der Waals surface area contributed by atoms with Gasteiger partial charge in [-0.25, -0.2) is 9.37 Å². The number of rotatable bonds is 5. The van der Waals surface area contributed by atoms with Gasteiger partial charge in [-0.3, -0.25) is 18.7 Å². The number of halogens is 4. The first-order valence-corrected chi connectivity index (χ1v) is 11.1. The largest absolute Gasteiger partial charge is 0.419 e. The number of aromatic nitrogens is 3. The number of hydrogen-bond donors (Lipinski definition) is 1. The number of piperidine rings is 1. The zero-order valence-corrected chi connectivity index (χ0v) is 18.2. The molecule has 1 saturated heterocycles. The van der Waals surface area contributed by atoms with E-state index < -0.39 is 17.6 Å². The highest BCUT2D eigenvalue weighted by atomic mass is 19.4. The molecule has 5 rings (SSSR count). The predicted octanol–water partition coefficient (Wildman–Crippen LogP) is 2.53. The van der Waals surface area contributed by atoms with Crippen LogP contribution in [0.3, 0.4) is 0 Å². The van der Waals surface area contributed by atoms with E-state index in [1.165, 1.54) is 18.3 Å². The summed E-state index contributed by atoms with van der Waals surface area (Å²) in [5, 5.41) is 3.27. The second kappa shape index (κ2) is 8.62. The number of pyridine rings is 1. The molecule has 0 spiro atoms. The average Bonchev–Trinajstić information content (AvgIpc) is 3.19. The van der Waals surface area contributed by atoms with Gasteiger partial charge in [-0.05, 0) is 49.7 Å². The molecule has 0 unspecified atom stereocenters. The maximum Gasteiger partial charge on any atom is 0.419 e. The van der Waals surface area contributed by atoms with Crippen LogP contribution in [-0.4, -0.2) is 44.7 Å². The maximum absolute atomic E-state index is 13.5. The van der Waals surface area contributed by atoms with Crippen molar-refractivity contribution < 1.29 is 17.6 Å². The molecule has 2 aliphatic heterocycles. The van der Waals surface area contributed by atoms with Gasteiger partial charge in [-0.15, -0.1) is 0 Å². The second-order valence-electron chi connectivity index (χ2n) is 8.88. The molecule has 1 atom stereocenters. The van der Waals surface area contributed by atoms with E-state index in [4.69, 9.17) is 0 Å². The number of alkyl halides is 3. The van der Waals surface area contributed by atoms with E-state index in [1.807, 2.05) is 0 Å². The van der Waals surface area contributed by atoms with Gasteiger partial charge < -0.3 is 10.2 Å². The first kappa shape index (κ1) is 22.7. The first-order chi connectivity index (χ1) is 16.2. The van der Waals surface area contributed by atoms with Crippen LogP contribution in [0, 0.1) is 5.82 Å². The number of benzene rings is 1. The standard InChI is InChI=1S/C23H23F4N5O2/c24-18-2-1-14(9-17(18)23(25,26)27)10-28-15-5-7-30(8-6-15)12-16-13-31-20(33)4-3-19-22(31)32(16)21(34)11-29-19/h1-4,9,11,15-16,28H,5-8,10,12-13H2/t16-/m1/s1. The third-order valence-corrected chi connectivity index (χ3v) is 6.66. The summed E-state index contributed by atoms with van der Waals surface area (Å²) in [5.74, 6) is -1.27. The third-order valence-electron chi connectivity index (χ3n) is 6.66. The molecule has 11 heteroatoms. The minimum Gasteiger partial charge on any atom is -0.310 e. The van der Waals surface area contributed by atoms with Crippen LogP contribution >= 0.6 is 0 Å². The highest BCUT2D eigenvalue weighted by Gasteiger charge is 2.34. The Kier molecular flexibility index (Phi) is 5.76. The van der Waals surface area contributed by atoms with Gasteiger partial charge >= 0.3 is 6.18 Å². The fourth-order valence-electron chi connectivity index (χ4n) is 4.94. The second-order valence-corrected chi connectivity index (χ2v) is 8.88. The number of nitrogens with one attached hydrogen (secondary N) is 1. The van der Waals surface area contributed by atoms with Crippen molar-refractivity contribution in [1.82, 2.24) is 24.3 Å². The summed E-state index contributed by atoms with van der Waals surface area (Å²) in [5.41, 5.74) is -0.0970. The van der Waals surface area contributed by atoms with Crippen molar-refractivity contribution in [2.24, 2.45) is 0 Å². The van der Waals surface area contributed by atoms with E-state index >= 15 is 0 Å². The fraction of sp³-hybridized carbons (Fsp3) is 0.435. The lowest BCUT2D eigenvalue weighted by Gasteiger charge is -2.34. The van der Waals surface area contributed by atoms with Gasteiger partial charge in [0, 0.05) is 31.7 Å². The fourth-order valence-corrected chi connectivity index (χ4v) is 4.94. The van der Waals surface area contributed by atoms with E-state index in [1.54, 1.807) is 15.2 Å². The normalized spacial score (nSPS) is 19.2. The molecule has 4 heterocycles. The van der Waals surface area contributed by atoms with Gasteiger partial charge in [0.15, 0.2) is 0 Å². The molecular formula is C23H23F4N5O2. The van der Waals surface area contributed by atoms with Gasteiger partial charge in [0.2, 0.25) is 0 Å². The SMILES string of the molecule is O=c1ccc2ncc(=O)n3c2n1C[C@H]3CN1CCC(NCc2ccc(F)c(C(F)(F)F)c2)CC1. The molecule has 3 aromatic rings. The molecule has 2 aliphatic rings. The topological polar surface area (TPSA) is 72.2 Å². The zero-order valence-electron chi connectivity index (χ0n) is 18.2. The quantitative estimate of drug-likeness (QED) is 0.572. The monoisotopic (exact) mass is 477 g/mol. The Morgan fingerprint density at radius 2 is 1.82 bits per heavy atom. The van der Waals surface area contributed by atoms with Crippen molar-refractivity contribution in [2.45, 2.75) is 44.2 Å². The first-order valence-electron chi connectivity index (χ1n) is 11.1. The van der Waals surface area contributed by atoms with E-state index in [9.17, 15) is 27.2 Å². The van der Waals surface area contributed by atoms with Crippen LogP contribution in [0.25, 0.3) is 11.2 Å². The summed E-state index contributed by atoms with van der Waals surface area (Å²) in [6.45, 7) is 2.75. The van der Waals surface area contributed by atoms with E-state index in [2.05, 4.69) is 15.2 Å². The predicted molar refractivity (Wildman–Crippen MR) is 117 cm³/mol. The van der Waals surface area contributed by atoms with Crippen molar-refractivity contribution in [3.05, 3.63) is 74.2 Å². The van der Waals surface area contributed by atoms with Crippen molar-refractivity contribution in [3.8, 4) is 0 Å². The molecule has 0 bridgehead atoms. The van der Waals surface area contributed by atoms with Gasteiger partial charge in [-0.1, -0.05) is 6.07 Å². The molecule has 1 N–H and O–H groups in total. The summed E-state index contributed by atoms with van der Waals surface area (Å²) in [6, 6.07) is 6.10. The molecule has 2 aromatic heterocycles. The lowest BCUT2D eigenvalue weighted by molar-refractivity contribution is -0.140. The Balaban J connectivity index is 1.19. The van der Waals surface area contributed by atoms with Crippen LogP contribution in [0.5, 0.6) is 0 Å². The Labute approximate surface area is 191 Å². The van der Waals surface area contributed by atoms with Crippen LogP contribution in [0.2, 0.25) is 0 Å². The summed E-state index contributed by atoms with van der Waals surface area (Å²) >= 11 is 0. The Hall–Kier alpha value is -3.05. The van der Waals surface area contributed by atoms with Gasteiger partial charge in [0.25, 0.3) is 11.1 Å². The summed E-state index contributed by atoms with van der Waals surface area (Å²) in [6.07, 6.45) is -1.87. The summed E-state index contributed by atoms with van der Waals surface area (Å²) in [4.78, 5) is 31.2. The molecule has 0 saturated carbocycles. The highest BCUT2D eigenvalue weighted by Crippen LogP contribution is 2.32. The molecule has 1 aromatic carbocycles. The molecule has 180 valence electrons. The zero-order chi connectivity index (χ0) is 24.0. The number of likely N-dealkylation sites (tertiary alicyclic amines) is 1. The van der Waals surface area contributed by atoms with Crippen LogP contribution in [-0.2, 0) is 19.3 Å². The average molecular weight is 477 g/mol. The molecule has 0 amide bonds. The Bertz CT molecular complexity index is 1340. The summed E-state index contributed by atoms with van der Waals surface area (Å²) < 4.78 is 55.5. The van der Waals surface area contributed by atoms with Gasteiger partial charge in [0.05, 0.1) is 17.8 Å². The molecule has 0 radical (unpaired) electrons. The lowest BCUT2D eigenvalue weighted by atomic mass is 10.0. The number of hydrogen-bond acceptors (Lipinski definition) is 5. The Morgan fingerprint density at radius 3 is 2.56 bits per heavy atom. The smallest absolute Gasteiger partial charge is 0.310 e. The molecule has 7 nitrogen and oxygen atoms in total. The minimum atomic E-state index is -4.72. The van der Waals surface area contributed by atoms with Crippen molar-refractivity contribution in [2.75, 3.05) is 19.6 Å². The minimum absolute atomic E-state index is 0.120. The van der Waals surface area contributed by atoms with E-state index in [-0.39, 0.29) is 29.7 Å². The molecule has 0 aliphatic carbocycles. The third kappa shape index (κ3) is 4.25. The maximum atomic E-state index is 13.5. The van der Waals surface area contributed by atoms with Crippen molar-refractivity contribution >= 4 is 11.2 Å². The van der Waals surface area contributed by atoms with Crippen molar-refractivity contribution in [1.29, 1.82) is 0 Å². The molecule has 1 fully saturated rings. The van der Waals surface area contributed by atoms with E-state index in [0.717, 1.165) is 38.1 Å². The van der Waals surface area contributed by atoms with Crippen molar-refractivity contribution in [3.63, 3.8) is 0 Å². The Morgan fingerprint density at radius 1 is 1.06 bits per heavy atom. The highest BCUT2D eigenvalue weighted by molar-refractivity contribution is 5.71. The van der Waals surface area contributed by atoms with Gasteiger partial charge in [-0.2, -0.15) is 13.2 Å². The van der Waals surface area contributed by atoms with Crippen LogP contribution in [0.1, 0.15) is 30.0 Å². The van der Waals surface area contributed by atoms with Gasteiger partial charge in [0.1, 0.15) is 17.0 Å². The molecule has 34 heavy (non-hydrogen) atoms. The van der Waals surface area contributed by atoms with Crippen LogP contribution < -0.4 is 16.4 Å². The van der Waals surface area contributed by atoms with Crippen LogP contribution in [0.15, 0.2) is 46.1 Å². The summed E-state index contributed by atoms with van der Waals surface area (Å²) in [7, 11) is 0. The van der Waals surface area contributed by atoms with E-state index in [0.29, 0.717) is 29.8 Å². The lowest BCUT2D eigenvalue weighted by Crippen LogP contribution is -2.44. The van der Waals surface area contributed by atoms with Crippen LogP contribution in [0.4, 0.5) is 17.6 Å². The number of nitrogens with zero attached hydrogens (tertiary/aromatic N) is 4.